The first kappa shape index (κ1) is 18.1. The van der Waals surface area contributed by atoms with Gasteiger partial charge in [-0.2, -0.15) is 39.5 Å². The van der Waals surface area contributed by atoms with Crippen molar-refractivity contribution < 1.29 is 44.6 Å². The molecule has 110 valence electrons. The van der Waals surface area contributed by atoms with E-state index in [1.807, 2.05) is 0 Å². The number of alkyl halides is 10. The number of aliphatic hydroxyl groups is 1. The fraction of sp³-hybridized carbons (Fsp3) is 1.00. The fourth-order valence-electron chi connectivity index (χ4n) is 0.886. The van der Waals surface area contributed by atoms with Crippen molar-refractivity contribution in [3.63, 3.8) is 0 Å². The number of halogens is 10. The molecule has 0 bridgehead atoms. The highest BCUT2D eigenvalue weighted by atomic mass is 127. The van der Waals surface area contributed by atoms with Crippen molar-refractivity contribution in [1.29, 1.82) is 0 Å². The van der Waals surface area contributed by atoms with Gasteiger partial charge in [0.25, 0.3) is 0 Å². The molecule has 0 saturated carbocycles. The van der Waals surface area contributed by atoms with Crippen molar-refractivity contribution in [2.24, 2.45) is 0 Å². The van der Waals surface area contributed by atoms with Crippen LogP contribution in [-0.4, -0.2) is 39.6 Å². The Morgan fingerprint density at radius 2 is 1.22 bits per heavy atom. The van der Waals surface area contributed by atoms with Gasteiger partial charge in [-0.15, -0.1) is 0 Å². The minimum Gasteiger partial charge on any atom is -0.392 e. The Morgan fingerprint density at radius 3 is 1.50 bits per heavy atom. The first-order chi connectivity index (χ1) is 7.70. The molecule has 0 aliphatic rings. The van der Waals surface area contributed by atoms with Crippen molar-refractivity contribution in [3.8, 4) is 0 Å². The van der Waals surface area contributed by atoms with Gasteiger partial charge in [-0.05, 0) is 0 Å². The zero-order chi connectivity index (χ0) is 15.0. The van der Waals surface area contributed by atoms with Gasteiger partial charge >= 0.3 is 23.9 Å². The molecule has 0 radical (unpaired) electrons. The molecule has 0 rings (SSSR count). The van der Waals surface area contributed by atoms with E-state index in [1.54, 1.807) is 0 Å². The lowest BCUT2D eigenvalue weighted by atomic mass is 9.99. The molecule has 1 N–H and O–H groups in total. The maximum absolute atomic E-state index is 12.8. The summed E-state index contributed by atoms with van der Waals surface area (Å²) in [5.41, 5.74) is 0. The van der Waals surface area contributed by atoms with Gasteiger partial charge in [0.1, 0.15) is 0 Å². The van der Waals surface area contributed by atoms with Crippen LogP contribution in [0.1, 0.15) is 6.42 Å². The molecule has 11 heteroatoms. The van der Waals surface area contributed by atoms with E-state index in [0.29, 0.717) is 0 Å². The van der Waals surface area contributed by atoms with Crippen molar-refractivity contribution in [1.82, 2.24) is 0 Å². The monoisotopic (exact) mass is 404 g/mol. The largest absolute Gasteiger partial charge is 0.460 e. The highest BCUT2D eigenvalue weighted by molar-refractivity contribution is 14.1. The summed E-state index contributed by atoms with van der Waals surface area (Å²) in [5.74, 6) is -19.2. The van der Waals surface area contributed by atoms with Gasteiger partial charge in [-0.3, -0.25) is 0 Å². The second-order valence-corrected chi connectivity index (χ2v) is 4.24. The number of rotatable bonds is 5. The Morgan fingerprint density at radius 1 is 0.833 bits per heavy atom. The molecule has 0 amide bonds. The lowest BCUT2D eigenvalue weighted by molar-refractivity contribution is -0.398. The molecule has 0 spiro atoms. The number of hydrogen-bond acceptors (Lipinski definition) is 1. The normalized spacial score (nSPS) is 16.8. The number of aliphatic hydroxyl groups excluding tert-OH is 1. The fourth-order valence-corrected chi connectivity index (χ4v) is 1.20. The van der Waals surface area contributed by atoms with Crippen LogP contribution in [0.25, 0.3) is 0 Å². The summed E-state index contributed by atoms with van der Waals surface area (Å²) < 4.78 is 110. The van der Waals surface area contributed by atoms with Gasteiger partial charge in [0, 0.05) is 10.8 Å². The zero-order valence-electron chi connectivity index (χ0n) is 8.22. The van der Waals surface area contributed by atoms with Crippen molar-refractivity contribution in [3.05, 3.63) is 0 Å². The Hall–Kier alpha value is 0.0600. The van der Waals surface area contributed by atoms with Crippen LogP contribution in [0.4, 0.5) is 39.5 Å². The van der Waals surface area contributed by atoms with Crippen molar-refractivity contribution in [2.75, 3.05) is 4.43 Å². The average Bonchev–Trinajstić information content (AvgIpc) is 2.14. The van der Waals surface area contributed by atoms with Gasteiger partial charge in [-0.1, -0.05) is 22.6 Å². The molecule has 0 aromatic rings. The molecule has 1 unspecified atom stereocenters. The Bertz CT molecular complexity index is 287. The Kier molecular flexibility index (Phi) is 5.23. The summed E-state index contributed by atoms with van der Waals surface area (Å²) in [6, 6.07) is 0. The van der Waals surface area contributed by atoms with E-state index in [2.05, 4.69) is 0 Å². The minimum absolute atomic E-state index is 0.527. The predicted octanol–water partition coefficient (Wildman–Crippen LogP) is 3.64. The van der Waals surface area contributed by atoms with Crippen LogP contribution in [0, 0.1) is 0 Å². The third-order valence-electron chi connectivity index (χ3n) is 1.88. The molecule has 1 atom stereocenters. The van der Waals surface area contributed by atoms with E-state index in [1.165, 1.54) is 22.6 Å². The van der Waals surface area contributed by atoms with Crippen LogP contribution in [-0.2, 0) is 0 Å². The van der Waals surface area contributed by atoms with Crippen molar-refractivity contribution >= 4 is 22.6 Å². The SMILES string of the molecule is OC(CI)CC(F)(F)C(F)(F)C(F)(F)C(F)(F)F. The highest BCUT2D eigenvalue weighted by Crippen LogP contribution is 2.54. The lowest BCUT2D eigenvalue weighted by Crippen LogP contribution is -2.61. The third-order valence-corrected chi connectivity index (χ3v) is 2.90. The molecule has 0 heterocycles. The third kappa shape index (κ3) is 3.14. The summed E-state index contributed by atoms with van der Waals surface area (Å²) in [5, 5.41) is 8.68. The molecule has 0 aliphatic carbocycles. The maximum atomic E-state index is 12.8. The van der Waals surface area contributed by atoms with E-state index in [4.69, 9.17) is 5.11 Å². The number of hydrogen-bond donors (Lipinski definition) is 1. The maximum Gasteiger partial charge on any atom is 0.460 e. The first-order valence-electron chi connectivity index (χ1n) is 4.15. The smallest absolute Gasteiger partial charge is 0.392 e. The first-order valence-corrected chi connectivity index (χ1v) is 5.67. The molecular weight excluding hydrogens is 398 g/mol. The molecule has 1 nitrogen and oxygen atoms in total. The molecule has 0 aromatic heterocycles. The van der Waals surface area contributed by atoms with E-state index < -0.39 is 40.9 Å². The van der Waals surface area contributed by atoms with Crippen molar-refractivity contribution in [2.45, 2.75) is 36.5 Å². The van der Waals surface area contributed by atoms with E-state index in [0.717, 1.165) is 0 Å². The van der Waals surface area contributed by atoms with Crippen LogP contribution in [0.2, 0.25) is 0 Å². The molecule has 0 saturated heterocycles. The van der Waals surface area contributed by atoms with Crippen LogP contribution < -0.4 is 0 Å². The topological polar surface area (TPSA) is 20.2 Å². The quantitative estimate of drug-likeness (QED) is 0.422. The van der Waals surface area contributed by atoms with Gasteiger partial charge in [0.2, 0.25) is 0 Å². The predicted molar refractivity (Wildman–Crippen MR) is 50.4 cm³/mol. The van der Waals surface area contributed by atoms with Gasteiger partial charge in [0.05, 0.1) is 6.10 Å². The molecule has 0 fully saturated rings. The van der Waals surface area contributed by atoms with Gasteiger partial charge in [0.15, 0.2) is 0 Å². The average molecular weight is 404 g/mol. The second kappa shape index (κ2) is 5.21. The van der Waals surface area contributed by atoms with Crippen LogP contribution >= 0.6 is 22.6 Å². The highest BCUT2D eigenvalue weighted by Gasteiger charge is 2.81. The Labute approximate surface area is 108 Å². The molecule has 18 heavy (non-hydrogen) atoms. The zero-order valence-corrected chi connectivity index (χ0v) is 10.4. The van der Waals surface area contributed by atoms with Crippen LogP contribution in [0.5, 0.6) is 0 Å². The molecule has 0 aliphatic heterocycles. The van der Waals surface area contributed by atoms with Crippen LogP contribution in [0.3, 0.4) is 0 Å². The Balaban J connectivity index is 5.36. The summed E-state index contributed by atoms with van der Waals surface area (Å²) in [4.78, 5) is 0. The lowest BCUT2D eigenvalue weighted by Gasteiger charge is -2.34. The molecule has 0 aromatic carbocycles. The van der Waals surface area contributed by atoms with E-state index in [9.17, 15) is 39.5 Å². The summed E-state index contributed by atoms with van der Waals surface area (Å²) >= 11 is 1.28. The van der Waals surface area contributed by atoms with E-state index in [-0.39, 0.29) is 0 Å². The van der Waals surface area contributed by atoms with Crippen LogP contribution in [0.15, 0.2) is 0 Å². The summed E-state index contributed by atoms with van der Waals surface area (Å²) in [6.45, 7) is 0. The van der Waals surface area contributed by atoms with Gasteiger partial charge in [-0.25, -0.2) is 0 Å². The molecular formula is C7H6F9IO. The summed E-state index contributed by atoms with van der Waals surface area (Å²) in [6.07, 6.45) is -11.2. The standard InChI is InChI=1S/C7H6F9IO/c8-4(9,1-3(18)2-17)5(10,11)6(12,13)7(14,15)16/h3,18H,1-2H2. The van der Waals surface area contributed by atoms with Gasteiger partial charge < -0.3 is 5.11 Å². The summed E-state index contributed by atoms with van der Waals surface area (Å²) in [7, 11) is 0. The van der Waals surface area contributed by atoms with E-state index >= 15 is 0 Å². The second-order valence-electron chi connectivity index (χ2n) is 3.36. The minimum atomic E-state index is -6.89.